The Morgan fingerprint density at radius 3 is 2.09 bits per heavy atom. The van der Waals surface area contributed by atoms with Gasteiger partial charge in [0.1, 0.15) is 22.6 Å². The molecule has 11 nitrogen and oxygen atoms in total. The minimum atomic E-state index is -1.41. The number of amides is 4. The van der Waals surface area contributed by atoms with Crippen molar-refractivity contribution in [1.82, 2.24) is 20.5 Å². The van der Waals surface area contributed by atoms with Gasteiger partial charge in [-0.2, -0.15) is 5.10 Å². The standard InChI is InChI=1S/C36H49N5O6/c1-33(2,3)41-31(44)36(21-25-15-11-9-12-16-25)24-40(20-19-28(36)39-41)29(42)27(23-46-22-26-17-13-10-14-18-26)37-30(43)35(7,8)38-32(45)47-34(4,5)6/h9-18,27H,19-24H2,1-8H3,(H,37,43)(H,38,45)/t27-,36-/m1/s1. The number of piperidine rings is 1. The molecule has 0 aromatic heterocycles. The van der Waals surface area contributed by atoms with Gasteiger partial charge in [0.25, 0.3) is 5.91 Å². The topological polar surface area (TPSA) is 130 Å². The number of fused-ring (bicyclic) bond motifs is 1. The van der Waals surface area contributed by atoms with Gasteiger partial charge < -0.3 is 25.0 Å². The molecule has 2 aromatic rings. The third-order valence-electron chi connectivity index (χ3n) is 8.13. The highest BCUT2D eigenvalue weighted by Gasteiger charge is 2.56. The molecule has 2 N–H and O–H groups in total. The molecule has 2 atom stereocenters. The van der Waals surface area contributed by atoms with E-state index in [9.17, 15) is 19.2 Å². The lowest BCUT2D eigenvalue weighted by molar-refractivity contribution is -0.146. The van der Waals surface area contributed by atoms with E-state index in [0.717, 1.165) is 16.8 Å². The summed E-state index contributed by atoms with van der Waals surface area (Å²) in [5, 5.41) is 11.8. The number of likely N-dealkylation sites (tertiary alicyclic amines) is 1. The number of hydrazone groups is 1. The van der Waals surface area contributed by atoms with Crippen molar-refractivity contribution in [3.63, 3.8) is 0 Å². The van der Waals surface area contributed by atoms with Crippen molar-refractivity contribution in [3.8, 4) is 0 Å². The Kier molecular flexibility index (Phi) is 10.5. The van der Waals surface area contributed by atoms with E-state index in [2.05, 4.69) is 10.6 Å². The molecule has 0 saturated carbocycles. The zero-order valence-corrected chi connectivity index (χ0v) is 28.9. The number of alkyl carbamates (subject to hydrolysis) is 1. The first-order valence-corrected chi connectivity index (χ1v) is 16.1. The van der Waals surface area contributed by atoms with Crippen LogP contribution in [-0.4, -0.2) is 81.9 Å². The highest BCUT2D eigenvalue weighted by Crippen LogP contribution is 2.41. The van der Waals surface area contributed by atoms with E-state index in [1.54, 1.807) is 30.7 Å². The average Bonchev–Trinajstić information content (AvgIpc) is 3.27. The molecule has 2 aliphatic rings. The number of carbonyl (C=O) groups excluding carboxylic acids is 4. The molecular formula is C36H49N5O6. The van der Waals surface area contributed by atoms with Gasteiger partial charge in [0.05, 0.1) is 24.5 Å². The van der Waals surface area contributed by atoms with E-state index in [-0.39, 0.29) is 31.6 Å². The number of rotatable bonds is 10. The molecule has 2 aromatic carbocycles. The molecule has 2 aliphatic heterocycles. The van der Waals surface area contributed by atoms with Gasteiger partial charge in [0.15, 0.2) is 0 Å². The molecule has 0 spiro atoms. The first-order chi connectivity index (χ1) is 21.9. The zero-order valence-electron chi connectivity index (χ0n) is 28.9. The van der Waals surface area contributed by atoms with Crippen molar-refractivity contribution < 1.29 is 28.7 Å². The van der Waals surface area contributed by atoms with Crippen LogP contribution in [0.4, 0.5) is 4.79 Å². The van der Waals surface area contributed by atoms with Gasteiger partial charge in [-0.1, -0.05) is 60.7 Å². The van der Waals surface area contributed by atoms with Crippen LogP contribution >= 0.6 is 0 Å². The largest absolute Gasteiger partial charge is 0.444 e. The summed E-state index contributed by atoms with van der Waals surface area (Å²) in [7, 11) is 0. The maximum absolute atomic E-state index is 14.3. The Labute approximate surface area is 278 Å². The summed E-state index contributed by atoms with van der Waals surface area (Å²) >= 11 is 0. The van der Waals surface area contributed by atoms with E-state index < -0.39 is 40.1 Å². The lowest BCUT2D eigenvalue weighted by Crippen LogP contribution is -2.63. The van der Waals surface area contributed by atoms with Crippen LogP contribution in [-0.2, 0) is 36.9 Å². The van der Waals surface area contributed by atoms with Gasteiger partial charge in [-0.05, 0) is 72.9 Å². The van der Waals surface area contributed by atoms with Crippen LogP contribution in [0.3, 0.4) is 0 Å². The highest BCUT2D eigenvalue weighted by molar-refractivity contribution is 6.14. The van der Waals surface area contributed by atoms with Gasteiger partial charge in [-0.3, -0.25) is 14.4 Å². The van der Waals surface area contributed by atoms with Crippen molar-refractivity contribution in [2.24, 2.45) is 10.5 Å². The minimum absolute atomic E-state index is 0.107. The molecule has 254 valence electrons. The third kappa shape index (κ3) is 8.77. The highest BCUT2D eigenvalue weighted by atomic mass is 16.6. The van der Waals surface area contributed by atoms with Crippen LogP contribution in [0.1, 0.15) is 72.9 Å². The summed E-state index contributed by atoms with van der Waals surface area (Å²) in [5.74, 6) is -1.11. The molecule has 47 heavy (non-hydrogen) atoms. The van der Waals surface area contributed by atoms with Crippen molar-refractivity contribution >= 4 is 29.5 Å². The van der Waals surface area contributed by atoms with Crippen LogP contribution < -0.4 is 10.6 Å². The smallest absolute Gasteiger partial charge is 0.408 e. The predicted octanol–water partition coefficient (Wildman–Crippen LogP) is 4.45. The Morgan fingerprint density at radius 2 is 1.51 bits per heavy atom. The van der Waals surface area contributed by atoms with Crippen LogP contribution in [0.5, 0.6) is 0 Å². The fourth-order valence-electron chi connectivity index (χ4n) is 5.72. The van der Waals surface area contributed by atoms with Crippen molar-refractivity contribution in [3.05, 3.63) is 71.8 Å². The number of nitrogens with zero attached hydrogens (tertiary/aromatic N) is 3. The molecule has 4 rings (SSSR count). The molecule has 0 unspecified atom stereocenters. The zero-order chi connectivity index (χ0) is 34.6. The fourth-order valence-corrected chi connectivity index (χ4v) is 5.72. The van der Waals surface area contributed by atoms with Crippen LogP contribution in [0, 0.1) is 5.41 Å². The number of hydrogen-bond donors (Lipinski definition) is 2. The monoisotopic (exact) mass is 647 g/mol. The Balaban J connectivity index is 1.59. The Hall–Kier alpha value is -4.25. The maximum atomic E-state index is 14.3. The minimum Gasteiger partial charge on any atom is -0.444 e. The van der Waals surface area contributed by atoms with E-state index >= 15 is 0 Å². The normalized spacial score (nSPS) is 19.1. The van der Waals surface area contributed by atoms with Crippen LogP contribution in [0.25, 0.3) is 0 Å². The number of carbonyl (C=O) groups is 4. The van der Waals surface area contributed by atoms with E-state index in [4.69, 9.17) is 14.6 Å². The average molecular weight is 648 g/mol. The van der Waals surface area contributed by atoms with Gasteiger partial charge >= 0.3 is 6.09 Å². The number of nitrogens with one attached hydrogen (secondary N) is 2. The lowest BCUT2D eigenvalue weighted by atomic mass is 9.73. The molecule has 1 fully saturated rings. The molecule has 1 saturated heterocycles. The molecule has 11 heteroatoms. The van der Waals surface area contributed by atoms with Gasteiger partial charge in [-0.25, -0.2) is 9.80 Å². The van der Waals surface area contributed by atoms with E-state index in [1.165, 1.54) is 13.8 Å². The Morgan fingerprint density at radius 1 is 0.915 bits per heavy atom. The first-order valence-electron chi connectivity index (χ1n) is 16.1. The van der Waals surface area contributed by atoms with Gasteiger partial charge in [0.2, 0.25) is 11.8 Å². The fraction of sp³-hybridized carbons (Fsp3) is 0.528. The second kappa shape index (κ2) is 13.9. The molecular weight excluding hydrogens is 598 g/mol. The van der Waals surface area contributed by atoms with Crippen molar-refractivity contribution in [2.75, 3.05) is 19.7 Å². The Bertz CT molecular complexity index is 1480. The second-order valence-electron chi connectivity index (χ2n) is 14.9. The molecule has 4 amide bonds. The second-order valence-corrected chi connectivity index (χ2v) is 14.9. The predicted molar refractivity (Wildman–Crippen MR) is 179 cm³/mol. The van der Waals surface area contributed by atoms with E-state index in [0.29, 0.717) is 19.4 Å². The van der Waals surface area contributed by atoms with Crippen molar-refractivity contribution in [2.45, 2.75) is 97.6 Å². The summed E-state index contributed by atoms with van der Waals surface area (Å²) in [6.45, 7) is 14.6. The van der Waals surface area contributed by atoms with Gasteiger partial charge in [-0.15, -0.1) is 0 Å². The van der Waals surface area contributed by atoms with Crippen LogP contribution in [0.2, 0.25) is 0 Å². The SMILES string of the molecule is CC(C)(C)OC(=O)NC(C)(C)C(=O)N[C@H](COCc1ccccc1)C(=O)N1CCC2=NN(C(C)(C)C)C(=O)[C@]2(Cc2ccccc2)C1. The quantitative estimate of drug-likeness (QED) is 0.392. The number of ether oxygens (including phenoxy) is 2. The summed E-state index contributed by atoms with van der Waals surface area (Å²) in [6.07, 6.45) is 0.0411. The molecule has 0 bridgehead atoms. The molecule has 2 heterocycles. The summed E-state index contributed by atoms with van der Waals surface area (Å²) in [5.41, 5.74) is -1.12. The summed E-state index contributed by atoms with van der Waals surface area (Å²) < 4.78 is 11.3. The number of benzene rings is 2. The lowest BCUT2D eigenvalue weighted by Gasteiger charge is -2.41. The molecule has 0 radical (unpaired) electrons. The summed E-state index contributed by atoms with van der Waals surface area (Å²) in [4.78, 5) is 56.3. The molecule has 0 aliphatic carbocycles. The number of hydrogen-bond acceptors (Lipinski definition) is 7. The maximum Gasteiger partial charge on any atom is 0.408 e. The van der Waals surface area contributed by atoms with E-state index in [1.807, 2.05) is 81.4 Å². The first kappa shape index (κ1) is 35.6. The van der Waals surface area contributed by atoms with Gasteiger partial charge in [0, 0.05) is 19.5 Å². The summed E-state index contributed by atoms with van der Waals surface area (Å²) in [6, 6.07) is 18.2. The third-order valence-corrected chi connectivity index (χ3v) is 8.13. The van der Waals surface area contributed by atoms with Crippen LogP contribution in [0.15, 0.2) is 65.8 Å². The van der Waals surface area contributed by atoms with Crippen molar-refractivity contribution in [1.29, 1.82) is 0 Å².